The first kappa shape index (κ1) is 20.7. The van der Waals surface area contributed by atoms with Gasteiger partial charge in [-0.1, -0.05) is 0 Å². The van der Waals surface area contributed by atoms with Crippen LogP contribution in [0.25, 0.3) is 11.8 Å². The maximum atomic E-state index is 13.0. The highest BCUT2D eigenvalue weighted by Crippen LogP contribution is 2.26. The van der Waals surface area contributed by atoms with E-state index in [9.17, 15) is 19.2 Å². The first-order chi connectivity index (χ1) is 15.3. The third-order valence-corrected chi connectivity index (χ3v) is 5.17. The first-order valence-electron chi connectivity index (χ1n) is 9.62. The summed E-state index contributed by atoms with van der Waals surface area (Å²) in [6.07, 6.45) is 4.33. The molecule has 160 valence electrons. The number of imide groups is 2. The van der Waals surface area contributed by atoms with E-state index in [0.717, 1.165) is 22.0 Å². The summed E-state index contributed by atoms with van der Waals surface area (Å²) in [6, 6.07) is 10.4. The van der Waals surface area contributed by atoms with Gasteiger partial charge >= 0.3 is 12.0 Å². The molecule has 0 aliphatic carbocycles. The number of aromatic carboxylic acids is 1. The molecule has 1 aliphatic heterocycles. The van der Waals surface area contributed by atoms with Gasteiger partial charge in [0.25, 0.3) is 11.8 Å². The summed E-state index contributed by atoms with van der Waals surface area (Å²) in [6.45, 7) is 3.68. The molecule has 3 heterocycles. The molecule has 1 aromatic carbocycles. The van der Waals surface area contributed by atoms with Crippen LogP contribution in [0.5, 0.6) is 0 Å². The smallest absolute Gasteiger partial charge is 0.335 e. The highest BCUT2D eigenvalue weighted by atomic mass is 16.4. The Morgan fingerprint density at radius 3 is 2.28 bits per heavy atom. The number of amides is 4. The van der Waals surface area contributed by atoms with E-state index in [4.69, 9.17) is 5.11 Å². The van der Waals surface area contributed by atoms with Crippen LogP contribution < -0.4 is 10.2 Å². The molecule has 3 aromatic rings. The Kier molecular flexibility index (Phi) is 5.15. The number of carboxylic acid groups (broad SMARTS) is 1. The zero-order valence-corrected chi connectivity index (χ0v) is 17.2. The molecule has 9 heteroatoms. The van der Waals surface area contributed by atoms with Gasteiger partial charge in [0.05, 0.1) is 11.3 Å². The number of aromatic nitrogens is 2. The van der Waals surface area contributed by atoms with Gasteiger partial charge in [-0.3, -0.25) is 19.9 Å². The van der Waals surface area contributed by atoms with Gasteiger partial charge in [-0.15, -0.1) is 0 Å². The molecule has 32 heavy (non-hydrogen) atoms. The van der Waals surface area contributed by atoms with Crippen LogP contribution in [0.1, 0.15) is 27.3 Å². The molecule has 0 spiro atoms. The average molecular weight is 430 g/mol. The lowest BCUT2D eigenvalue weighted by Gasteiger charge is -2.26. The van der Waals surface area contributed by atoms with E-state index in [2.05, 4.69) is 10.3 Å². The number of urea groups is 1. The first-order valence-corrected chi connectivity index (χ1v) is 9.62. The Hall–Kier alpha value is -4.53. The number of hydrogen-bond acceptors (Lipinski definition) is 5. The van der Waals surface area contributed by atoms with E-state index in [1.165, 1.54) is 42.7 Å². The minimum atomic E-state index is -1.02. The molecule has 0 saturated carbocycles. The van der Waals surface area contributed by atoms with Crippen molar-refractivity contribution in [1.29, 1.82) is 0 Å². The Morgan fingerprint density at radius 2 is 1.66 bits per heavy atom. The molecule has 1 saturated heterocycles. The maximum absolute atomic E-state index is 13.0. The minimum Gasteiger partial charge on any atom is -0.478 e. The van der Waals surface area contributed by atoms with E-state index in [1.54, 1.807) is 18.2 Å². The second-order valence-corrected chi connectivity index (χ2v) is 7.18. The number of carbonyl (C=O) groups is 4. The quantitative estimate of drug-likeness (QED) is 0.485. The molecule has 0 atom stereocenters. The average Bonchev–Trinajstić information content (AvgIpc) is 3.04. The molecule has 9 nitrogen and oxygen atoms in total. The predicted octanol–water partition coefficient (Wildman–Crippen LogP) is 2.85. The van der Waals surface area contributed by atoms with Crippen LogP contribution >= 0.6 is 0 Å². The van der Waals surface area contributed by atoms with Crippen molar-refractivity contribution in [2.24, 2.45) is 0 Å². The van der Waals surface area contributed by atoms with Crippen molar-refractivity contribution in [3.8, 4) is 5.69 Å². The molecule has 1 aliphatic rings. The lowest BCUT2D eigenvalue weighted by molar-refractivity contribution is -0.122. The molecule has 2 N–H and O–H groups in total. The third kappa shape index (κ3) is 3.56. The maximum Gasteiger partial charge on any atom is 0.335 e. The van der Waals surface area contributed by atoms with Gasteiger partial charge in [0.2, 0.25) is 0 Å². The summed E-state index contributed by atoms with van der Waals surface area (Å²) in [5.41, 5.74) is 3.21. The lowest BCUT2D eigenvalue weighted by Crippen LogP contribution is -2.54. The number of hydrogen-bond donors (Lipinski definition) is 2. The molecule has 1 fully saturated rings. The molecule has 0 unspecified atom stereocenters. The van der Waals surface area contributed by atoms with Crippen LogP contribution in [-0.4, -0.2) is 38.5 Å². The molecule has 0 radical (unpaired) electrons. The summed E-state index contributed by atoms with van der Waals surface area (Å²) >= 11 is 0. The van der Waals surface area contributed by atoms with Crippen molar-refractivity contribution >= 4 is 35.6 Å². The fourth-order valence-corrected chi connectivity index (χ4v) is 3.62. The zero-order valence-electron chi connectivity index (χ0n) is 17.2. The Balaban J connectivity index is 1.74. The van der Waals surface area contributed by atoms with Crippen LogP contribution in [0, 0.1) is 13.8 Å². The number of pyridine rings is 1. The van der Waals surface area contributed by atoms with Crippen LogP contribution in [0.2, 0.25) is 0 Å². The Morgan fingerprint density at radius 1 is 1.00 bits per heavy atom. The van der Waals surface area contributed by atoms with E-state index in [0.29, 0.717) is 11.3 Å². The number of benzene rings is 1. The van der Waals surface area contributed by atoms with Crippen molar-refractivity contribution in [1.82, 2.24) is 14.9 Å². The summed E-state index contributed by atoms with van der Waals surface area (Å²) in [5.74, 6) is -2.53. The standard InChI is InChI=1S/C23H18N4O5/c1-13-11-16(14(2)26(13)17-5-3-15(4-6-17)22(30)31)12-19-20(28)25-23(32)27(21(19)29)18-7-9-24-10-8-18/h3-12H,1-2H3,(H,30,31)(H,25,28,32)/b19-12+. The second-order valence-electron chi connectivity index (χ2n) is 7.18. The summed E-state index contributed by atoms with van der Waals surface area (Å²) in [7, 11) is 0. The SMILES string of the molecule is Cc1cc(/C=C2\C(=O)NC(=O)N(c3ccncc3)C2=O)c(C)n1-c1ccc(C(=O)O)cc1. The number of anilines is 1. The number of rotatable bonds is 4. The third-order valence-electron chi connectivity index (χ3n) is 5.17. The van der Waals surface area contributed by atoms with Crippen molar-refractivity contribution in [3.63, 3.8) is 0 Å². The van der Waals surface area contributed by atoms with Gasteiger partial charge in [0.1, 0.15) is 5.57 Å². The van der Waals surface area contributed by atoms with Crippen molar-refractivity contribution in [2.75, 3.05) is 4.90 Å². The number of carboxylic acids is 1. The molecule has 4 amide bonds. The van der Waals surface area contributed by atoms with Gasteiger partial charge < -0.3 is 9.67 Å². The monoisotopic (exact) mass is 430 g/mol. The molecule has 2 aromatic heterocycles. The summed E-state index contributed by atoms with van der Waals surface area (Å²) < 4.78 is 1.88. The molecular formula is C23H18N4O5. The van der Waals surface area contributed by atoms with Crippen molar-refractivity contribution < 1.29 is 24.3 Å². The highest BCUT2D eigenvalue weighted by Gasteiger charge is 2.37. The van der Waals surface area contributed by atoms with Crippen molar-refractivity contribution in [2.45, 2.75) is 13.8 Å². The molecular weight excluding hydrogens is 412 g/mol. The van der Waals surface area contributed by atoms with E-state index >= 15 is 0 Å². The lowest BCUT2D eigenvalue weighted by atomic mass is 10.1. The van der Waals surface area contributed by atoms with Gasteiger partial charge in [0.15, 0.2) is 0 Å². The number of aryl methyl sites for hydroxylation is 1. The van der Waals surface area contributed by atoms with Crippen LogP contribution in [0.3, 0.4) is 0 Å². The van der Waals surface area contributed by atoms with Gasteiger partial charge in [-0.2, -0.15) is 0 Å². The van der Waals surface area contributed by atoms with E-state index < -0.39 is 23.8 Å². The largest absolute Gasteiger partial charge is 0.478 e. The molecule has 4 rings (SSSR count). The van der Waals surface area contributed by atoms with Gasteiger partial charge in [-0.25, -0.2) is 14.5 Å². The van der Waals surface area contributed by atoms with E-state index in [-0.39, 0.29) is 11.1 Å². The summed E-state index contributed by atoms with van der Waals surface area (Å²) in [5, 5.41) is 11.3. The minimum absolute atomic E-state index is 0.170. The van der Waals surface area contributed by atoms with Crippen molar-refractivity contribution in [3.05, 3.63) is 82.9 Å². The summed E-state index contributed by atoms with van der Waals surface area (Å²) in [4.78, 5) is 53.6. The fraction of sp³-hybridized carbons (Fsp3) is 0.0870. The number of nitrogens with one attached hydrogen (secondary N) is 1. The number of barbiturate groups is 1. The normalized spacial score (nSPS) is 15.2. The zero-order chi connectivity index (χ0) is 23.0. The number of nitrogens with zero attached hydrogens (tertiary/aromatic N) is 3. The Labute approximate surface area is 182 Å². The highest BCUT2D eigenvalue weighted by molar-refractivity contribution is 6.39. The molecule has 0 bridgehead atoms. The second kappa shape index (κ2) is 7.95. The predicted molar refractivity (Wildman–Crippen MR) is 115 cm³/mol. The fourth-order valence-electron chi connectivity index (χ4n) is 3.62. The van der Waals surface area contributed by atoms with E-state index in [1.807, 2.05) is 18.4 Å². The van der Waals surface area contributed by atoms with Crippen LogP contribution in [-0.2, 0) is 9.59 Å². The van der Waals surface area contributed by atoms with Crippen LogP contribution in [0.15, 0.2) is 60.4 Å². The number of carbonyl (C=O) groups excluding carboxylic acids is 3. The van der Waals surface area contributed by atoms with Gasteiger partial charge in [-0.05, 0) is 68.0 Å². The Bertz CT molecular complexity index is 1290. The van der Waals surface area contributed by atoms with Crippen LogP contribution in [0.4, 0.5) is 10.5 Å². The topological polar surface area (TPSA) is 122 Å². The van der Waals surface area contributed by atoms with Gasteiger partial charge in [0, 0.05) is 29.5 Å².